The van der Waals surface area contributed by atoms with E-state index in [0.717, 1.165) is 83.5 Å². The zero-order chi connectivity index (χ0) is 52.0. The number of rotatable bonds is 56. The SMILES string of the molecule is CC/C=C\C/C=C\C/C=C\C/C=C\C/C=C\C/C=C\C/C=C\CCCCCCCCCCCCCCCCCCCC(=O)OC(CO)COC(=O)CCCCCCCCCCC/C=C\CCCCCCCC. The van der Waals surface area contributed by atoms with Gasteiger partial charge in [-0.1, -0.05) is 284 Å². The molecule has 0 aliphatic carbocycles. The predicted molar refractivity (Wildman–Crippen MR) is 316 cm³/mol. The highest BCUT2D eigenvalue weighted by Gasteiger charge is 2.16. The zero-order valence-corrected chi connectivity index (χ0v) is 47.4. The molecule has 72 heavy (non-hydrogen) atoms. The number of esters is 2. The Morgan fingerprint density at radius 2 is 0.597 bits per heavy atom. The third kappa shape index (κ3) is 59.4. The van der Waals surface area contributed by atoms with Crippen LogP contribution in [0.2, 0.25) is 0 Å². The number of allylic oxidation sites excluding steroid dienone is 16. The van der Waals surface area contributed by atoms with E-state index in [2.05, 4.69) is 111 Å². The summed E-state index contributed by atoms with van der Waals surface area (Å²) in [5.41, 5.74) is 0. The highest BCUT2D eigenvalue weighted by molar-refractivity contribution is 5.70. The van der Waals surface area contributed by atoms with E-state index >= 15 is 0 Å². The van der Waals surface area contributed by atoms with E-state index in [4.69, 9.17) is 9.47 Å². The Balaban J connectivity index is 3.47. The zero-order valence-electron chi connectivity index (χ0n) is 47.4. The summed E-state index contributed by atoms with van der Waals surface area (Å²) in [6.45, 7) is 4.04. The molecule has 0 heterocycles. The van der Waals surface area contributed by atoms with Crippen LogP contribution in [0.1, 0.15) is 296 Å². The smallest absolute Gasteiger partial charge is 0.306 e. The van der Waals surface area contributed by atoms with Crippen LogP contribution in [-0.2, 0) is 19.1 Å². The van der Waals surface area contributed by atoms with Crippen LogP contribution in [0.3, 0.4) is 0 Å². The molecule has 0 spiro atoms. The van der Waals surface area contributed by atoms with E-state index in [9.17, 15) is 14.7 Å². The lowest BCUT2D eigenvalue weighted by atomic mass is 10.0. The Labute approximate surface area is 447 Å². The molecule has 1 unspecified atom stereocenters. The standard InChI is InChI=1S/C67H116O5/c1-3-5-7-9-11-13-15-17-19-21-23-24-25-26-27-28-29-30-31-32-33-34-35-36-37-38-39-40-41-42-44-46-48-50-52-54-56-58-60-62-67(70)72-65(63-68)64-71-66(69)61-59-57-55-53-51-49-47-45-43-22-20-18-16-14-12-10-8-6-4-2/h5,7,11,13,17-20,23-24,26-27,29-30,32-33,65,68H,3-4,6,8-10,12,14-16,21-22,25,28,31,34-64H2,1-2H3/b7-5-,13-11-,19-17-,20-18-,24-23-,27-26-,30-29-,33-32-. The van der Waals surface area contributed by atoms with Crippen molar-refractivity contribution >= 4 is 11.9 Å². The number of carbonyl (C=O) groups excluding carboxylic acids is 2. The first kappa shape index (κ1) is 68.8. The minimum absolute atomic E-state index is 0.0667. The maximum atomic E-state index is 12.3. The molecule has 5 heteroatoms. The molecule has 5 nitrogen and oxygen atoms in total. The van der Waals surface area contributed by atoms with Gasteiger partial charge in [0.15, 0.2) is 6.10 Å². The molecule has 0 aromatic heterocycles. The van der Waals surface area contributed by atoms with Gasteiger partial charge in [0.2, 0.25) is 0 Å². The first-order chi connectivity index (χ1) is 35.6. The second kappa shape index (κ2) is 62.1. The Kier molecular flexibility index (Phi) is 59.4. The number of carbonyl (C=O) groups is 2. The second-order valence-electron chi connectivity index (χ2n) is 20.4. The quantitative estimate of drug-likeness (QED) is 0.0373. The molecule has 0 aromatic rings. The molecule has 414 valence electrons. The Bertz CT molecular complexity index is 1360. The van der Waals surface area contributed by atoms with Crippen LogP contribution in [0.5, 0.6) is 0 Å². The van der Waals surface area contributed by atoms with Gasteiger partial charge in [-0.05, 0) is 96.3 Å². The second-order valence-corrected chi connectivity index (χ2v) is 20.4. The fourth-order valence-corrected chi connectivity index (χ4v) is 8.77. The summed E-state index contributed by atoms with van der Waals surface area (Å²) in [6.07, 6.45) is 88.3. The van der Waals surface area contributed by atoms with Crippen molar-refractivity contribution in [1.82, 2.24) is 0 Å². The Hall–Kier alpha value is -3.18. The van der Waals surface area contributed by atoms with Gasteiger partial charge >= 0.3 is 11.9 Å². The lowest BCUT2D eigenvalue weighted by Gasteiger charge is -2.15. The van der Waals surface area contributed by atoms with Crippen molar-refractivity contribution in [2.24, 2.45) is 0 Å². The lowest BCUT2D eigenvalue weighted by Crippen LogP contribution is -2.28. The molecule has 0 saturated heterocycles. The van der Waals surface area contributed by atoms with E-state index < -0.39 is 6.10 Å². The molecule has 0 fully saturated rings. The number of hydrogen-bond donors (Lipinski definition) is 1. The number of ether oxygens (including phenoxy) is 2. The minimum atomic E-state index is -0.776. The molecule has 0 aliphatic rings. The highest BCUT2D eigenvalue weighted by Crippen LogP contribution is 2.16. The number of hydrogen-bond acceptors (Lipinski definition) is 5. The normalized spacial score (nSPS) is 12.9. The molecule has 0 bridgehead atoms. The van der Waals surface area contributed by atoms with Crippen molar-refractivity contribution in [2.75, 3.05) is 13.2 Å². The van der Waals surface area contributed by atoms with Crippen molar-refractivity contribution in [3.63, 3.8) is 0 Å². The fourth-order valence-electron chi connectivity index (χ4n) is 8.77. The van der Waals surface area contributed by atoms with Crippen molar-refractivity contribution < 1.29 is 24.2 Å². The summed E-state index contributed by atoms with van der Waals surface area (Å²) in [5.74, 6) is -0.584. The first-order valence-electron chi connectivity index (χ1n) is 30.8. The molecule has 0 rings (SSSR count). The van der Waals surface area contributed by atoms with Gasteiger partial charge in [-0.2, -0.15) is 0 Å². The molecule has 0 aliphatic heterocycles. The van der Waals surface area contributed by atoms with Gasteiger partial charge in [-0.3, -0.25) is 9.59 Å². The van der Waals surface area contributed by atoms with Crippen LogP contribution in [0.4, 0.5) is 0 Å². The largest absolute Gasteiger partial charge is 0.462 e. The van der Waals surface area contributed by atoms with E-state index in [1.807, 2.05) is 0 Å². The third-order valence-corrected chi connectivity index (χ3v) is 13.4. The highest BCUT2D eigenvalue weighted by atomic mass is 16.6. The monoisotopic (exact) mass is 1000 g/mol. The van der Waals surface area contributed by atoms with Crippen LogP contribution >= 0.6 is 0 Å². The summed E-state index contributed by atoms with van der Waals surface area (Å²) in [5, 5.41) is 9.66. The van der Waals surface area contributed by atoms with Gasteiger partial charge in [-0.15, -0.1) is 0 Å². The lowest BCUT2D eigenvalue weighted by molar-refractivity contribution is -0.161. The predicted octanol–water partition coefficient (Wildman–Crippen LogP) is 21.1. The van der Waals surface area contributed by atoms with E-state index in [-0.39, 0.29) is 25.2 Å². The maximum Gasteiger partial charge on any atom is 0.306 e. The van der Waals surface area contributed by atoms with Gasteiger partial charge in [0.05, 0.1) is 6.61 Å². The maximum absolute atomic E-state index is 12.3. The molecular weight excluding hydrogens is 885 g/mol. The van der Waals surface area contributed by atoms with Gasteiger partial charge in [0, 0.05) is 12.8 Å². The van der Waals surface area contributed by atoms with Gasteiger partial charge < -0.3 is 14.6 Å². The Morgan fingerprint density at radius 3 is 0.917 bits per heavy atom. The summed E-state index contributed by atoms with van der Waals surface area (Å²) in [6, 6.07) is 0. The average molecular weight is 1000 g/mol. The van der Waals surface area contributed by atoms with E-state index in [1.165, 1.54) is 186 Å². The molecule has 1 N–H and O–H groups in total. The summed E-state index contributed by atoms with van der Waals surface area (Å²) >= 11 is 0. The average Bonchev–Trinajstić information content (AvgIpc) is 3.38. The van der Waals surface area contributed by atoms with Crippen LogP contribution in [0, 0.1) is 0 Å². The van der Waals surface area contributed by atoms with Gasteiger partial charge in [0.25, 0.3) is 0 Å². The molecular formula is C67H116O5. The van der Waals surface area contributed by atoms with Gasteiger partial charge in [0.1, 0.15) is 6.61 Å². The first-order valence-corrected chi connectivity index (χ1v) is 30.8. The Morgan fingerprint density at radius 1 is 0.333 bits per heavy atom. The van der Waals surface area contributed by atoms with Crippen LogP contribution in [0.25, 0.3) is 0 Å². The van der Waals surface area contributed by atoms with Crippen molar-refractivity contribution in [2.45, 2.75) is 302 Å². The van der Waals surface area contributed by atoms with Gasteiger partial charge in [-0.25, -0.2) is 0 Å². The number of aliphatic hydroxyl groups excluding tert-OH is 1. The molecule has 0 saturated carbocycles. The molecule has 0 aromatic carbocycles. The van der Waals surface area contributed by atoms with Crippen LogP contribution in [0.15, 0.2) is 97.2 Å². The molecule has 1 atom stereocenters. The number of unbranched alkanes of at least 4 members (excludes halogenated alkanes) is 32. The van der Waals surface area contributed by atoms with Crippen LogP contribution < -0.4 is 0 Å². The van der Waals surface area contributed by atoms with Crippen molar-refractivity contribution in [3.8, 4) is 0 Å². The minimum Gasteiger partial charge on any atom is -0.462 e. The van der Waals surface area contributed by atoms with Crippen LogP contribution in [-0.4, -0.2) is 36.4 Å². The number of aliphatic hydroxyl groups is 1. The summed E-state index contributed by atoms with van der Waals surface area (Å²) < 4.78 is 10.7. The van der Waals surface area contributed by atoms with Crippen molar-refractivity contribution in [3.05, 3.63) is 97.2 Å². The molecule has 0 radical (unpaired) electrons. The molecule has 0 amide bonds. The summed E-state index contributed by atoms with van der Waals surface area (Å²) in [4.78, 5) is 24.5. The van der Waals surface area contributed by atoms with Crippen molar-refractivity contribution in [1.29, 1.82) is 0 Å². The van der Waals surface area contributed by atoms with E-state index in [1.54, 1.807) is 0 Å². The fraction of sp³-hybridized carbons (Fsp3) is 0.731. The van der Waals surface area contributed by atoms with E-state index in [0.29, 0.717) is 12.8 Å². The summed E-state index contributed by atoms with van der Waals surface area (Å²) in [7, 11) is 0. The topological polar surface area (TPSA) is 72.8 Å². The third-order valence-electron chi connectivity index (χ3n) is 13.4.